The maximum Gasteiger partial charge on any atom is 0.146 e. The number of rotatable bonds is 4. The van der Waals surface area contributed by atoms with Crippen LogP contribution < -0.4 is 5.32 Å². The second-order valence-corrected chi connectivity index (χ2v) is 5.25. The van der Waals surface area contributed by atoms with Crippen molar-refractivity contribution >= 4 is 17.3 Å². The van der Waals surface area contributed by atoms with Crippen LogP contribution in [0.4, 0.5) is 10.1 Å². The summed E-state index contributed by atoms with van der Waals surface area (Å²) >= 11 is 5.75. The summed E-state index contributed by atoms with van der Waals surface area (Å²) in [6.07, 6.45) is 0. The van der Waals surface area contributed by atoms with Gasteiger partial charge in [-0.05, 0) is 29.7 Å². The van der Waals surface area contributed by atoms with E-state index < -0.39 is 0 Å². The van der Waals surface area contributed by atoms with Gasteiger partial charge in [0, 0.05) is 17.8 Å². The molecule has 1 N–H and O–H groups in total. The largest absolute Gasteiger partial charge is 0.381 e. The fraction of sp³-hybridized carbons (Fsp3) is 0.250. The summed E-state index contributed by atoms with van der Waals surface area (Å²) in [6, 6.07) is 13.2. The Labute approximate surface area is 118 Å². The van der Waals surface area contributed by atoms with Crippen molar-refractivity contribution in [2.24, 2.45) is 0 Å². The van der Waals surface area contributed by atoms with E-state index in [1.165, 1.54) is 5.56 Å². The van der Waals surface area contributed by atoms with Crippen LogP contribution in [0.1, 0.15) is 30.9 Å². The molecule has 19 heavy (non-hydrogen) atoms. The van der Waals surface area contributed by atoms with Gasteiger partial charge in [0.15, 0.2) is 0 Å². The van der Waals surface area contributed by atoms with Crippen molar-refractivity contribution in [2.45, 2.75) is 26.3 Å². The summed E-state index contributed by atoms with van der Waals surface area (Å²) < 4.78 is 13.7. The zero-order chi connectivity index (χ0) is 13.8. The lowest BCUT2D eigenvalue weighted by atomic mass is 10.0. The minimum Gasteiger partial charge on any atom is -0.381 e. The molecule has 0 heterocycles. The van der Waals surface area contributed by atoms with Crippen LogP contribution in [-0.4, -0.2) is 0 Å². The van der Waals surface area contributed by atoms with Gasteiger partial charge in [-0.2, -0.15) is 0 Å². The number of nitrogens with one attached hydrogen (secondary N) is 1. The van der Waals surface area contributed by atoms with Crippen LogP contribution in [0.25, 0.3) is 0 Å². The summed E-state index contributed by atoms with van der Waals surface area (Å²) in [5, 5.41) is 3.36. The van der Waals surface area contributed by atoms with E-state index in [-0.39, 0.29) is 10.8 Å². The second kappa shape index (κ2) is 6.07. The molecule has 0 saturated carbocycles. The maximum atomic E-state index is 13.7. The molecule has 0 unspecified atom stereocenters. The van der Waals surface area contributed by atoms with Crippen molar-refractivity contribution in [1.82, 2.24) is 0 Å². The molecule has 1 nitrogen and oxygen atoms in total. The quantitative estimate of drug-likeness (QED) is 0.808. The Morgan fingerprint density at radius 2 is 1.79 bits per heavy atom. The van der Waals surface area contributed by atoms with Crippen LogP contribution in [0.2, 0.25) is 5.02 Å². The van der Waals surface area contributed by atoms with Crippen molar-refractivity contribution < 1.29 is 4.39 Å². The highest BCUT2D eigenvalue weighted by Crippen LogP contribution is 2.20. The maximum absolute atomic E-state index is 13.7. The average molecular weight is 278 g/mol. The molecule has 0 saturated heterocycles. The first-order valence-corrected chi connectivity index (χ1v) is 6.72. The second-order valence-electron chi connectivity index (χ2n) is 4.84. The lowest BCUT2D eigenvalue weighted by molar-refractivity contribution is 0.613. The number of benzene rings is 2. The minimum absolute atomic E-state index is 0.162. The van der Waals surface area contributed by atoms with Gasteiger partial charge in [0.25, 0.3) is 0 Å². The van der Waals surface area contributed by atoms with E-state index in [0.717, 1.165) is 5.69 Å². The van der Waals surface area contributed by atoms with E-state index in [9.17, 15) is 4.39 Å². The van der Waals surface area contributed by atoms with Gasteiger partial charge < -0.3 is 5.32 Å². The average Bonchev–Trinajstić information content (AvgIpc) is 2.41. The van der Waals surface area contributed by atoms with Gasteiger partial charge >= 0.3 is 0 Å². The molecular formula is C16H17ClFN. The normalized spacial score (nSPS) is 10.8. The fourth-order valence-electron chi connectivity index (χ4n) is 1.87. The Kier molecular flexibility index (Phi) is 4.43. The molecule has 0 bridgehead atoms. The number of hydrogen-bond acceptors (Lipinski definition) is 1. The van der Waals surface area contributed by atoms with Gasteiger partial charge in [-0.3, -0.25) is 0 Å². The van der Waals surface area contributed by atoms with E-state index in [0.29, 0.717) is 18.0 Å². The van der Waals surface area contributed by atoms with Crippen molar-refractivity contribution in [1.29, 1.82) is 0 Å². The van der Waals surface area contributed by atoms with Crippen molar-refractivity contribution in [3.63, 3.8) is 0 Å². The van der Waals surface area contributed by atoms with Gasteiger partial charge in [-0.15, -0.1) is 0 Å². The third kappa shape index (κ3) is 3.48. The van der Waals surface area contributed by atoms with Crippen molar-refractivity contribution in [3.8, 4) is 0 Å². The highest BCUT2D eigenvalue weighted by atomic mass is 35.5. The van der Waals surface area contributed by atoms with E-state index in [4.69, 9.17) is 11.6 Å². The Hall–Kier alpha value is -1.54. The molecule has 0 aliphatic heterocycles. The highest BCUT2D eigenvalue weighted by molar-refractivity contribution is 6.30. The first-order chi connectivity index (χ1) is 9.08. The lowest BCUT2D eigenvalue weighted by Crippen LogP contribution is -2.02. The fourth-order valence-corrected chi connectivity index (χ4v) is 2.06. The molecule has 3 heteroatoms. The summed E-state index contributed by atoms with van der Waals surface area (Å²) in [4.78, 5) is 0. The van der Waals surface area contributed by atoms with Gasteiger partial charge in [-0.25, -0.2) is 4.39 Å². The minimum atomic E-state index is -0.351. The van der Waals surface area contributed by atoms with Crippen molar-refractivity contribution in [3.05, 3.63) is 64.4 Å². The zero-order valence-electron chi connectivity index (χ0n) is 11.1. The lowest BCUT2D eigenvalue weighted by Gasteiger charge is -2.10. The van der Waals surface area contributed by atoms with Gasteiger partial charge in [0.2, 0.25) is 0 Å². The van der Waals surface area contributed by atoms with Crippen LogP contribution in [-0.2, 0) is 6.54 Å². The SMILES string of the molecule is CC(C)c1ccc(NCc2cccc(Cl)c2F)cc1. The molecule has 2 aromatic carbocycles. The molecule has 0 atom stereocenters. The molecule has 2 rings (SSSR count). The number of hydrogen-bond donors (Lipinski definition) is 1. The molecule has 100 valence electrons. The standard InChI is InChI=1S/C16H17ClFN/c1-11(2)12-6-8-14(9-7-12)19-10-13-4-3-5-15(17)16(13)18/h3-9,11,19H,10H2,1-2H3. The smallest absolute Gasteiger partial charge is 0.146 e. The van der Waals surface area contributed by atoms with Crippen LogP contribution >= 0.6 is 11.6 Å². The summed E-state index contributed by atoms with van der Waals surface area (Å²) in [6.45, 7) is 4.74. The Morgan fingerprint density at radius 3 is 2.42 bits per heavy atom. The van der Waals surface area contributed by atoms with Gasteiger partial charge in [-0.1, -0.05) is 49.7 Å². The Balaban J connectivity index is 2.04. The predicted molar refractivity (Wildman–Crippen MR) is 79.3 cm³/mol. The topological polar surface area (TPSA) is 12.0 Å². The molecule has 0 aliphatic rings. The van der Waals surface area contributed by atoms with E-state index in [1.54, 1.807) is 18.2 Å². The van der Waals surface area contributed by atoms with Crippen LogP contribution in [0.3, 0.4) is 0 Å². The van der Waals surface area contributed by atoms with Gasteiger partial charge in [0.1, 0.15) is 5.82 Å². The Morgan fingerprint density at radius 1 is 1.11 bits per heavy atom. The molecular weight excluding hydrogens is 261 g/mol. The predicted octanol–water partition coefficient (Wildman–Crippen LogP) is 5.21. The zero-order valence-corrected chi connectivity index (χ0v) is 11.8. The van der Waals surface area contributed by atoms with Gasteiger partial charge in [0.05, 0.1) is 5.02 Å². The first kappa shape index (κ1) is 13.9. The Bertz CT molecular complexity index is 549. The molecule has 2 aromatic rings. The van der Waals surface area contributed by atoms with E-state index in [1.807, 2.05) is 12.1 Å². The monoisotopic (exact) mass is 277 g/mol. The van der Waals surface area contributed by atoms with Crippen LogP contribution in [0.15, 0.2) is 42.5 Å². The summed E-state index contributed by atoms with van der Waals surface area (Å²) in [5.41, 5.74) is 2.84. The van der Waals surface area contributed by atoms with Crippen LogP contribution in [0, 0.1) is 5.82 Å². The molecule has 0 fully saturated rings. The molecule has 0 spiro atoms. The summed E-state index contributed by atoms with van der Waals surface area (Å²) in [7, 11) is 0. The molecule has 0 aromatic heterocycles. The molecule has 0 amide bonds. The van der Waals surface area contributed by atoms with E-state index in [2.05, 4.69) is 31.3 Å². The third-order valence-corrected chi connectivity index (χ3v) is 3.38. The number of halogens is 2. The summed E-state index contributed by atoms with van der Waals surface area (Å²) in [5.74, 6) is 0.162. The van der Waals surface area contributed by atoms with E-state index >= 15 is 0 Å². The van der Waals surface area contributed by atoms with Crippen molar-refractivity contribution in [2.75, 3.05) is 5.32 Å². The van der Waals surface area contributed by atoms with Crippen LogP contribution in [0.5, 0.6) is 0 Å². The third-order valence-electron chi connectivity index (χ3n) is 3.09. The molecule has 0 aliphatic carbocycles. The molecule has 0 radical (unpaired) electrons. The first-order valence-electron chi connectivity index (χ1n) is 6.34. The number of anilines is 1. The highest BCUT2D eigenvalue weighted by Gasteiger charge is 2.05.